The number of hydrogen-bond donors (Lipinski definition) is 1. The number of fused-ring (bicyclic) bond motifs is 3. The number of rotatable bonds is 0. The van der Waals surface area contributed by atoms with E-state index in [2.05, 4.69) is 5.32 Å². The number of hydrogen-bond acceptors (Lipinski definition) is 2. The normalized spacial score (nSPS) is 27.6. The molecule has 0 radical (unpaired) electrons. The van der Waals surface area contributed by atoms with Gasteiger partial charge in [0.05, 0.1) is 0 Å². The molecule has 4 heteroatoms. The summed E-state index contributed by atoms with van der Waals surface area (Å²) in [7, 11) is 1.73. The van der Waals surface area contributed by atoms with Crippen LogP contribution in [-0.2, 0) is 4.79 Å². The molecule has 0 saturated carbocycles. The minimum absolute atomic E-state index is 0.0548. The lowest BCUT2D eigenvalue weighted by Crippen LogP contribution is -2.48. The SMILES string of the molecule is CN1C(=O)C2CCNCC2c2ccc(F)cc21. The highest BCUT2D eigenvalue weighted by molar-refractivity contribution is 5.98. The number of carbonyl (C=O) groups is 1. The highest BCUT2D eigenvalue weighted by atomic mass is 19.1. The van der Waals surface area contributed by atoms with Gasteiger partial charge in [-0.1, -0.05) is 6.07 Å². The van der Waals surface area contributed by atoms with Crippen LogP contribution in [0.5, 0.6) is 0 Å². The molecule has 17 heavy (non-hydrogen) atoms. The van der Waals surface area contributed by atoms with Crippen LogP contribution in [0.2, 0.25) is 0 Å². The molecule has 0 aliphatic carbocycles. The number of nitrogens with zero attached hydrogens (tertiary/aromatic N) is 1. The van der Waals surface area contributed by atoms with E-state index in [1.807, 2.05) is 6.07 Å². The highest BCUT2D eigenvalue weighted by Crippen LogP contribution is 2.41. The first kappa shape index (κ1) is 10.7. The zero-order valence-electron chi connectivity index (χ0n) is 9.74. The fourth-order valence-corrected chi connectivity index (χ4v) is 2.97. The molecule has 1 N–H and O–H groups in total. The number of amides is 1. The maximum atomic E-state index is 13.3. The van der Waals surface area contributed by atoms with E-state index in [0.717, 1.165) is 30.8 Å². The summed E-state index contributed by atoms with van der Waals surface area (Å²) in [4.78, 5) is 13.8. The number of piperidine rings is 1. The van der Waals surface area contributed by atoms with Gasteiger partial charge in [-0.3, -0.25) is 4.79 Å². The highest BCUT2D eigenvalue weighted by Gasteiger charge is 2.40. The lowest BCUT2D eigenvalue weighted by molar-refractivity contribution is -0.123. The predicted octanol–water partition coefficient (Wildman–Crippen LogP) is 1.50. The van der Waals surface area contributed by atoms with E-state index >= 15 is 0 Å². The Kier molecular flexibility index (Phi) is 2.40. The zero-order valence-corrected chi connectivity index (χ0v) is 9.74. The van der Waals surface area contributed by atoms with Crippen molar-refractivity contribution < 1.29 is 9.18 Å². The largest absolute Gasteiger partial charge is 0.316 e. The molecular formula is C13H15FN2O. The first-order valence-corrected chi connectivity index (χ1v) is 5.96. The van der Waals surface area contributed by atoms with Crippen molar-refractivity contribution in [2.75, 3.05) is 25.0 Å². The van der Waals surface area contributed by atoms with Gasteiger partial charge in [-0.25, -0.2) is 4.39 Å². The van der Waals surface area contributed by atoms with Gasteiger partial charge in [0.25, 0.3) is 0 Å². The molecule has 0 aromatic heterocycles. The zero-order chi connectivity index (χ0) is 12.0. The average Bonchev–Trinajstić information content (AvgIpc) is 2.36. The van der Waals surface area contributed by atoms with Gasteiger partial charge in [0.2, 0.25) is 5.91 Å². The van der Waals surface area contributed by atoms with Gasteiger partial charge in [0, 0.05) is 31.1 Å². The molecule has 3 nitrogen and oxygen atoms in total. The van der Waals surface area contributed by atoms with Crippen LogP contribution >= 0.6 is 0 Å². The van der Waals surface area contributed by atoms with Crippen molar-refractivity contribution in [3.05, 3.63) is 29.6 Å². The molecular weight excluding hydrogens is 219 g/mol. The van der Waals surface area contributed by atoms with Crippen molar-refractivity contribution in [3.8, 4) is 0 Å². The Hall–Kier alpha value is -1.42. The van der Waals surface area contributed by atoms with Gasteiger partial charge in [0.15, 0.2) is 0 Å². The van der Waals surface area contributed by atoms with Gasteiger partial charge < -0.3 is 10.2 Å². The number of anilines is 1. The van der Waals surface area contributed by atoms with Gasteiger partial charge >= 0.3 is 0 Å². The van der Waals surface area contributed by atoms with Crippen LogP contribution in [-0.4, -0.2) is 26.0 Å². The van der Waals surface area contributed by atoms with Crippen molar-refractivity contribution in [3.63, 3.8) is 0 Å². The summed E-state index contributed by atoms with van der Waals surface area (Å²) in [5, 5.41) is 3.31. The molecule has 1 aromatic rings. The van der Waals surface area contributed by atoms with Gasteiger partial charge in [-0.05, 0) is 30.7 Å². The van der Waals surface area contributed by atoms with Gasteiger partial charge in [-0.2, -0.15) is 0 Å². The Morgan fingerprint density at radius 1 is 1.41 bits per heavy atom. The maximum absolute atomic E-state index is 13.3. The molecule has 2 unspecified atom stereocenters. The molecule has 2 aliphatic rings. The number of benzene rings is 1. The van der Waals surface area contributed by atoms with E-state index in [9.17, 15) is 9.18 Å². The maximum Gasteiger partial charge on any atom is 0.230 e. The third-order valence-corrected chi connectivity index (χ3v) is 3.88. The second kappa shape index (κ2) is 3.81. The smallest absolute Gasteiger partial charge is 0.230 e. The lowest BCUT2D eigenvalue weighted by atomic mass is 9.77. The summed E-state index contributed by atoms with van der Waals surface area (Å²) >= 11 is 0. The topological polar surface area (TPSA) is 32.3 Å². The first-order valence-electron chi connectivity index (χ1n) is 5.96. The molecule has 90 valence electrons. The van der Waals surface area contributed by atoms with Crippen LogP contribution in [0.25, 0.3) is 0 Å². The summed E-state index contributed by atoms with van der Waals surface area (Å²) in [6, 6.07) is 4.75. The van der Waals surface area contributed by atoms with E-state index in [4.69, 9.17) is 0 Å². The number of halogens is 1. The number of carbonyl (C=O) groups excluding carboxylic acids is 1. The fourth-order valence-electron chi connectivity index (χ4n) is 2.97. The molecule has 2 heterocycles. The van der Waals surface area contributed by atoms with Crippen molar-refractivity contribution in [2.45, 2.75) is 12.3 Å². The molecule has 1 fully saturated rings. The summed E-state index contributed by atoms with van der Waals surface area (Å²) in [6.45, 7) is 1.69. The summed E-state index contributed by atoms with van der Waals surface area (Å²) in [5.41, 5.74) is 1.81. The van der Waals surface area contributed by atoms with Crippen LogP contribution in [0, 0.1) is 11.7 Å². The van der Waals surface area contributed by atoms with Crippen molar-refractivity contribution in [1.29, 1.82) is 0 Å². The molecule has 1 amide bonds. The number of nitrogens with one attached hydrogen (secondary N) is 1. The van der Waals surface area contributed by atoms with Crippen molar-refractivity contribution >= 4 is 11.6 Å². The molecule has 3 rings (SSSR count). The molecule has 1 saturated heterocycles. The van der Waals surface area contributed by atoms with E-state index in [1.165, 1.54) is 12.1 Å². The third kappa shape index (κ3) is 1.55. The van der Waals surface area contributed by atoms with E-state index in [1.54, 1.807) is 11.9 Å². The van der Waals surface area contributed by atoms with Gasteiger partial charge in [0.1, 0.15) is 5.82 Å². The van der Waals surface area contributed by atoms with Crippen LogP contribution < -0.4 is 10.2 Å². The Morgan fingerprint density at radius 3 is 3.06 bits per heavy atom. The minimum Gasteiger partial charge on any atom is -0.316 e. The average molecular weight is 234 g/mol. The monoisotopic (exact) mass is 234 g/mol. The van der Waals surface area contributed by atoms with Crippen LogP contribution in [0.4, 0.5) is 10.1 Å². The fraction of sp³-hybridized carbons (Fsp3) is 0.462. The van der Waals surface area contributed by atoms with E-state index < -0.39 is 0 Å². The van der Waals surface area contributed by atoms with Crippen LogP contribution in [0.3, 0.4) is 0 Å². The van der Waals surface area contributed by atoms with Crippen LogP contribution in [0.1, 0.15) is 17.9 Å². The second-order valence-electron chi connectivity index (χ2n) is 4.81. The van der Waals surface area contributed by atoms with Gasteiger partial charge in [-0.15, -0.1) is 0 Å². The second-order valence-corrected chi connectivity index (χ2v) is 4.81. The Balaban J connectivity index is 2.12. The summed E-state index contributed by atoms with van der Waals surface area (Å²) in [5.74, 6) is 0.0856. The van der Waals surface area contributed by atoms with Crippen molar-refractivity contribution in [2.24, 2.45) is 5.92 Å². The first-order chi connectivity index (χ1) is 8.18. The Bertz CT molecular complexity index is 474. The lowest BCUT2D eigenvalue weighted by Gasteiger charge is -2.40. The minimum atomic E-state index is -0.286. The predicted molar refractivity (Wildman–Crippen MR) is 63.5 cm³/mol. The standard InChI is InChI=1S/C13H15FN2O/c1-16-12-6-8(14)2-3-9(12)11-7-15-5-4-10(11)13(16)17/h2-3,6,10-11,15H,4-5,7H2,1H3. The Morgan fingerprint density at radius 2 is 2.24 bits per heavy atom. The molecule has 2 atom stereocenters. The van der Waals surface area contributed by atoms with Crippen LogP contribution in [0.15, 0.2) is 18.2 Å². The molecule has 1 aromatic carbocycles. The molecule has 0 bridgehead atoms. The molecule has 2 aliphatic heterocycles. The van der Waals surface area contributed by atoms with E-state index in [-0.39, 0.29) is 23.6 Å². The van der Waals surface area contributed by atoms with Crippen molar-refractivity contribution in [1.82, 2.24) is 5.32 Å². The summed E-state index contributed by atoms with van der Waals surface area (Å²) in [6.07, 6.45) is 0.866. The Labute approximate surface area is 99.6 Å². The quantitative estimate of drug-likeness (QED) is 0.737. The molecule has 0 spiro atoms. The summed E-state index contributed by atoms with van der Waals surface area (Å²) < 4.78 is 13.3. The van der Waals surface area contributed by atoms with E-state index in [0.29, 0.717) is 0 Å². The third-order valence-electron chi connectivity index (χ3n) is 3.88.